The van der Waals surface area contributed by atoms with E-state index in [0.717, 1.165) is 25.9 Å². The predicted molar refractivity (Wildman–Crippen MR) is 66.1 cm³/mol. The van der Waals surface area contributed by atoms with Crippen molar-refractivity contribution in [2.24, 2.45) is 5.92 Å². The highest BCUT2D eigenvalue weighted by molar-refractivity contribution is 5.66. The molecule has 1 saturated heterocycles. The average molecular weight is 244 g/mol. The van der Waals surface area contributed by atoms with E-state index in [4.69, 9.17) is 5.11 Å². The third-order valence-corrected chi connectivity index (χ3v) is 3.34. The fraction of sp³-hybridized carbons (Fsp3) is 0.917. The van der Waals surface area contributed by atoms with Gasteiger partial charge < -0.3 is 20.4 Å². The van der Waals surface area contributed by atoms with Crippen molar-refractivity contribution in [3.8, 4) is 0 Å². The molecule has 1 atom stereocenters. The van der Waals surface area contributed by atoms with Crippen LogP contribution >= 0.6 is 0 Å². The fourth-order valence-corrected chi connectivity index (χ4v) is 2.20. The number of hydrogen-bond acceptors (Lipinski definition) is 3. The maximum Gasteiger partial charge on any atom is 0.407 e. The summed E-state index contributed by atoms with van der Waals surface area (Å²) in [4.78, 5) is 12.5. The van der Waals surface area contributed by atoms with Crippen LogP contribution in [0.2, 0.25) is 0 Å². The lowest BCUT2D eigenvalue weighted by Crippen LogP contribution is -2.50. The Bertz CT molecular complexity index is 257. The van der Waals surface area contributed by atoms with Crippen molar-refractivity contribution < 1.29 is 15.0 Å². The molecular weight excluding hydrogens is 220 g/mol. The number of carboxylic acid groups (broad SMARTS) is 1. The lowest BCUT2D eigenvalue weighted by Gasteiger charge is -2.37. The van der Waals surface area contributed by atoms with Crippen molar-refractivity contribution in [3.63, 3.8) is 0 Å². The number of hydrogen-bond donors (Lipinski definition) is 3. The standard InChI is InChI=1S/C12H24N2O3/c1-12(2,3)14(11(16)17)8-10(15)9-4-6-13-7-5-9/h9-10,13,15H,4-8H2,1-3H3,(H,16,17). The summed E-state index contributed by atoms with van der Waals surface area (Å²) in [7, 11) is 0. The molecule has 1 fully saturated rings. The zero-order valence-corrected chi connectivity index (χ0v) is 10.9. The van der Waals surface area contributed by atoms with Crippen LogP contribution in [0.25, 0.3) is 0 Å². The van der Waals surface area contributed by atoms with E-state index < -0.39 is 17.7 Å². The molecule has 3 N–H and O–H groups in total. The minimum atomic E-state index is -0.967. The Labute approximate surface area is 103 Å². The van der Waals surface area contributed by atoms with E-state index in [0.29, 0.717) is 0 Å². The highest BCUT2D eigenvalue weighted by atomic mass is 16.4. The molecule has 0 radical (unpaired) electrons. The number of carbonyl (C=O) groups is 1. The highest BCUT2D eigenvalue weighted by Crippen LogP contribution is 2.21. The first kappa shape index (κ1) is 14.3. The Hall–Kier alpha value is -0.810. The lowest BCUT2D eigenvalue weighted by molar-refractivity contribution is 0.0227. The van der Waals surface area contributed by atoms with Gasteiger partial charge in [0.05, 0.1) is 12.6 Å². The number of nitrogens with zero attached hydrogens (tertiary/aromatic N) is 1. The van der Waals surface area contributed by atoms with Crippen LogP contribution in [-0.2, 0) is 0 Å². The van der Waals surface area contributed by atoms with E-state index in [9.17, 15) is 9.90 Å². The van der Waals surface area contributed by atoms with E-state index in [1.807, 2.05) is 20.8 Å². The van der Waals surface area contributed by atoms with Crippen molar-refractivity contribution in [2.45, 2.75) is 45.3 Å². The summed E-state index contributed by atoms with van der Waals surface area (Å²) < 4.78 is 0. The molecule has 5 nitrogen and oxygen atoms in total. The molecule has 0 aromatic heterocycles. The van der Waals surface area contributed by atoms with Crippen LogP contribution < -0.4 is 5.32 Å². The van der Waals surface area contributed by atoms with Gasteiger partial charge in [-0.1, -0.05) is 0 Å². The van der Waals surface area contributed by atoms with Gasteiger partial charge in [0.15, 0.2) is 0 Å². The number of nitrogens with one attached hydrogen (secondary N) is 1. The Morgan fingerprint density at radius 2 is 1.94 bits per heavy atom. The van der Waals surface area contributed by atoms with Crippen molar-refractivity contribution in [2.75, 3.05) is 19.6 Å². The van der Waals surface area contributed by atoms with Gasteiger partial charge in [-0.15, -0.1) is 0 Å². The van der Waals surface area contributed by atoms with E-state index in [2.05, 4.69) is 5.32 Å². The maximum atomic E-state index is 11.2. The Kier molecular flexibility index (Phi) is 4.77. The SMILES string of the molecule is CC(C)(C)N(CC(O)C1CCNCC1)C(=O)O. The molecule has 1 aliphatic rings. The Morgan fingerprint density at radius 1 is 1.41 bits per heavy atom. The van der Waals surface area contributed by atoms with Crippen LogP contribution in [0.4, 0.5) is 4.79 Å². The van der Waals surface area contributed by atoms with Crippen molar-refractivity contribution in [3.05, 3.63) is 0 Å². The summed E-state index contributed by atoms with van der Waals surface area (Å²) in [5.74, 6) is 0.209. The minimum absolute atomic E-state index is 0.198. The lowest BCUT2D eigenvalue weighted by atomic mass is 9.91. The molecule has 0 saturated carbocycles. The molecular formula is C12H24N2O3. The topological polar surface area (TPSA) is 72.8 Å². The van der Waals surface area contributed by atoms with E-state index in [-0.39, 0.29) is 12.5 Å². The number of amides is 1. The van der Waals surface area contributed by atoms with Gasteiger partial charge >= 0.3 is 6.09 Å². The van der Waals surface area contributed by atoms with Crippen molar-refractivity contribution >= 4 is 6.09 Å². The molecule has 1 amide bonds. The Balaban J connectivity index is 2.57. The second-order valence-electron chi connectivity index (χ2n) is 5.72. The summed E-state index contributed by atoms with van der Waals surface area (Å²) in [6, 6.07) is 0. The maximum absolute atomic E-state index is 11.2. The third kappa shape index (κ3) is 4.16. The molecule has 0 aromatic carbocycles. The van der Waals surface area contributed by atoms with Crippen molar-refractivity contribution in [1.29, 1.82) is 0 Å². The number of aliphatic hydroxyl groups is 1. The van der Waals surface area contributed by atoms with Gasteiger partial charge in [0.1, 0.15) is 0 Å². The molecule has 0 aliphatic carbocycles. The second-order valence-corrected chi connectivity index (χ2v) is 5.72. The van der Waals surface area contributed by atoms with Gasteiger partial charge in [-0.25, -0.2) is 4.79 Å². The van der Waals surface area contributed by atoms with Crippen LogP contribution in [0.15, 0.2) is 0 Å². The molecule has 0 spiro atoms. The molecule has 1 heterocycles. The first-order valence-corrected chi connectivity index (χ1v) is 6.21. The molecule has 1 rings (SSSR count). The van der Waals surface area contributed by atoms with Crippen LogP contribution in [0.3, 0.4) is 0 Å². The number of piperidine rings is 1. The van der Waals surface area contributed by atoms with Gasteiger partial charge in [-0.05, 0) is 52.6 Å². The first-order valence-electron chi connectivity index (χ1n) is 6.21. The van der Waals surface area contributed by atoms with Crippen LogP contribution in [-0.4, -0.2) is 52.5 Å². The molecule has 100 valence electrons. The quantitative estimate of drug-likeness (QED) is 0.696. The summed E-state index contributed by atoms with van der Waals surface area (Å²) in [6.07, 6.45) is 0.301. The normalized spacial score (nSPS) is 20.0. The van der Waals surface area contributed by atoms with Gasteiger partial charge in [-0.3, -0.25) is 0 Å². The van der Waals surface area contributed by atoms with E-state index >= 15 is 0 Å². The highest BCUT2D eigenvalue weighted by Gasteiger charge is 2.31. The van der Waals surface area contributed by atoms with Crippen LogP contribution in [0.5, 0.6) is 0 Å². The second kappa shape index (κ2) is 5.69. The summed E-state index contributed by atoms with van der Waals surface area (Å²) >= 11 is 0. The summed E-state index contributed by atoms with van der Waals surface area (Å²) in [6.45, 7) is 7.54. The third-order valence-electron chi connectivity index (χ3n) is 3.34. The minimum Gasteiger partial charge on any atom is -0.465 e. The molecule has 1 unspecified atom stereocenters. The van der Waals surface area contributed by atoms with Gasteiger partial charge in [0.25, 0.3) is 0 Å². The van der Waals surface area contributed by atoms with Crippen LogP contribution in [0, 0.1) is 5.92 Å². The molecule has 0 aromatic rings. The monoisotopic (exact) mass is 244 g/mol. The van der Waals surface area contributed by atoms with Gasteiger partial charge in [-0.2, -0.15) is 0 Å². The van der Waals surface area contributed by atoms with Crippen LogP contribution in [0.1, 0.15) is 33.6 Å². The first-order chi connectivity index (χ1) is 7.82. The molecule has 1 aliphatic heterocycles. The molecule has 0 bridgehead atoms. The fourth-order valence-electron chi connectivity index (χ4n) is 2.20. The number of rotatable bonds is 3. The van der Waals surface area contributed by atoms with Crippen molar-refractivity contribution in [1.82, 2.24) is 10.2 Å². The van der Waals surface area contributed by atoms with Gasteiger partial charge in [0.2, 0.25) is 0 Å². The Morgan fingerprint density at radius 3 is 2.35 bits per heavy atom. The molecule has 5 heteroatoms. The zero-order chi connectivity index (χ0) is 13.1. The summed E-state index contributed by atoms with van der Waals surface area (Å²) in [5, 5.41) is 22.5. The average Bonchev–Trinajstić information content (AvgIpc) is 2.24. The largest absolute Gasteiger partial charge is 0.465 e. The number of aliphatic hydroxyl groups excluding tert-OH is 1. The van der Waals surface area contributed by atoms with E-state index in [1.54, 1.807) is 0 Å². The molecule has 17 heavy (non-hydrogen) atoms. The van der Waals surface area contributed by atoms with Gasteiger partial charge in [0, 0.05) is 5.54 Å². The predicted octanol–water partition coefficient (Wildman–Crippen LogP) is 1.13. The zero-order valence-electron chi connectivity index (χ0n) is 10.9. The number of β-amino-alcohol motifs (C(OH)–C–C–N with tert-alkyl or cyclic N) is 1. The smallest absolute Gasteiger partial charge is 0.407 e. The van der Waals surface area contributed by atoms with E-state index in [1.165, 1.54) is 4.90 Å². The summed E-state index contributed by atoms with van der Waals surface area (Å²) in [5.41, 5.74) is -0.472.